The first kappa shape index (κ1) is 16.4. The Morgan fingerprint density at radius 2 is 1.65 bits per heavy atom. The summed E-state index contributed by atoms with van der Waals surface area (Å²) in [7, 11) is 0. The minimum atomic E-state index is -0.756. The maximum absolute atomic E-state index is 14.3. The van der Waals surface area contributed by atoms with Gasteiger partial charge in [-0.25, -0.2) is 8.78 Å². The smallest absolute Gasteiger partial charge is 0.261 e. The molecule has 1 aliphatic carbocycles. The molecule has 1 heterocycles. The first-order valence-electron chi connectivity index (χ1n) is 8.37. The molecule has 0 saturated heterocycles. The van der Waals surface area contributed by atoms with Gasteiger partial charge in [0.15, 0.2) is 0 Å². The number of fused-ring (bicyclic) bond motifs is 1. The van der Waals surface area contributed by atoms with E-state index in [-0.39, 0.29) is 34.9 Å². The van der Waals surface area contributed by atoms with E-state index in [0.717, 1.165) is 12.1 Å². The van der Waals surface area contributed by atoms with Gasteiger partial charge in [-0.3, -0.25) is 14.5 Å². The number of hydrogen-bond donors (Lipinski definition) is 0. The van der Waals surface area contributed by atoms with Crippen molar-refractivity contribution in [1.82, 2.24) is 4.90 Å². The largest absolute Gasteiger partial charge is 0.271 e. The predicted octanol–water partition coefficient (Wildman–Crippen LogP) is 3.77. The fourth-order valence-corrected chi connectivity index (χ4v) is 3.97. The van der Waals surface area contributed by atoms with Crippen LogP contribution in [0.3, 0.4) is 0 Å². The quantitative estimate of drug-likeness (QED) is 0.773. The first-order valence-corrected chi connectivity index (χ1v) is 8.37. The van der Waals surface area contributed by atoms with E-state index < -0.39 is 11.6 Å². The Bertz CT molecular complexity index is 945. The number of halogens is 2. The van der Waals surface area contributed by atoms with Gasteiger partial charge in [-0.2, -0.15) is 5.26 Å². The minimum absolute atomic E-state index is 0.195. The lowest BCUT2D eigenvalue weighted by Crippen LogP contribution is -2.38. The molecule has 1 fully saturated rings. The molecule has 2 aromatic rings. The van der Waals surface area contributed by atoms with Crippen molar-refractivity contribution in [3.63, 3.8) is 0 Å². The van der Waals surface area contributed by atoms with Gasteiger partial charge in [-0.15, -0.1) is 0 Å². The van der Waals surface area contributed by atoms with Crippen LogP contribution in [-0.2, 0) is 0 Å². The number of nitriles is 1. The van der Waals surface area contributed by atoms with Crippen LogP contribution >= 0.6 is 0 Å². The highest BCUT2D eigenvalue weighted by atomic mass is 19.1. The van der Waals surface area contributed by atoms with Gasteiger partial charge in [0, 0.05) is 6.04 Å². The third-order valence-electron chi connectivity index (χ3n) is 5.24. The highest BCUT2D eigenvalue weighted by Crippen LogP contribution is 2.40. The number of hydrogen-bond acceptors (Lipinski definition) is 3. The lowest BCUT2D eigenvalue weighted by molar-refractivity contribution is 0.0586. The van der Waals surface area contributed by atoms with Gasteiger partial charge in [-0.05, 0) is 55.0 Å². The summed E-state index contributed by atoms with van der Waals surface area (Å²) in [5.41, 5.74) is 0.634. The molecular weight excluding hydrogens is 338 g/mol. The number of benzene rings is 2. The molecule has 1 saturated carbocycles. The summed E-state index contributed by atoms with van der Waals surface area (Å²) in [6, 6.07) is 9.90. The molecule has 2 unspecified atom stereocenters. The molecule has 130 valence electrons. The van der Waals surface area contributed by atoms with Gasteiger partial charge >= 0.3 is 0 Å². The van der Waals surface area contributed by atoms with E-state index in [4.69, 9.17) is 5.26 Å². The molecule has 6 heteroatoms. The molecule has 0 aromatic heterocycles. The topological polar surface area (TPSA) is 61.2 Å². The number of carbonyl (C=O) groups is 2. The Morgan fingerprint density at radius 1 is 1.00 bits per heavy atom. The number of rotatable bonds is 2. The van der Waals surface area contributed by atoms with Crippen LogP contribution in [-0.4, -0.2) is 22.8 Å². The Balaban J connectivity index is 1.59. The summed E-state index contributed by atoms with van der Waals surface area (Å²) in [5, 5.41) is 8.79. The fourth-order valence-electron chi connectivity index (χ4n) is 3.97. The summed E-state index contributed by atoms with van der Waals surface area (Å²) < 4.78 is 28.2. The van der Waals surface area contributed by atoms with Crippen LogP contribution in [0.25, 0.3) is 0 Å². The van der Waals surface area contributed by atoms with Crippen molar-refractivity contribution in [2.75, 3.05) is 0 Å². The average Bonchev–Trinajstić information content (AvgIpc) is 3.21. The Morgan fingerprint density at radius 3 is 2.27 bits per heavy atom. The third-order valence-corrected chi connectivity index (χ3v) is 5.24. The second kappa shape index (κ2) is 6.03. The lowest BCUT2D eigenvalue weighted by atomic mass is 9.95. The van der Waals surface area contributed by atoms with Crippen molar-refractivity contribution in [3.8, 4) is 6.07 Å². The van der Waals surface area contributed by atoms with Crippen LogP contribution in [0.1, 0.15) is 57.0 Å². The molecule has 2 amide bonds. The van der Waals surface area contributed by atoms with Crippen LogP contribution in [0.15, 0.2) is 36.4 Å². The molecule has 0 radical (unpaired) electrons. The number of imide groups is 1. The lowest BCUT2D eigenvalue weighted by Gasteiger charge is -2.22. The summed E-state index contributed by atoms with van der Waals surface area (Å²) in [5.74, 6) is -2.35. The second-order valence-electron chi connectivity index (χ2n) is 6.66. The monoisotopic (exact) mass is 352 g/mol. The van der Waals surface area contributed by atoms with E-state index in [0.29, 0.717) is 30.4 Å². The molecule has 1 aliphatic heterocycles. The zero-order valence-electron chi connectivity index (χ0n) is 13.7. The highest BCUT2D eigenvalue weighted by molar-refractivity contribution is 6.21. The molecule has 0 bridgehead atoms. The van der Waals surface area contributed by atoms with Crippen LogP contribution in [0.2, 0.25) is 0 Å². The predicted molar refractivity (Wildman–Crippen MR) is 88.4 cm³/mol. The number of nitrogens with zero attached hydrogens (tertiary/aromatic N) is 2. The van der Waals surface area contributed by atoms with E-state index in [1.807, 2.05) is 0 Å². The molecule has 0 spiro atoms. The van der Waals surface area contributed by atoms with Crippen molar-refractivity contribution in [1.29, 1.82) is 5.26 Å². The molecule has 2 aromatic carbocycles. The van der Waals surface area contributed by atoms with Gasteiger partial charge in [-0.1, -0.05) is 12.1 Å². The van der Waals surface area contributed by atoms with Crippen LogP contribution in [0, 0.1) is 23.0 Å². The molecule has 2 aliphatic rings. The standard InChI is InChI=1S/C20H14F2N2O2/c21-17-9-16(18(22)8-12(17)10-23)11-5-6-13(7-11)24-19(25)14-3-1-2-4-15(14)20(24)26/h1-4,8-9,11,13H,5-7H2. The molecule has 4 rings (SSSR count). The summed E-state index contributed by atoms with van der Waals surface area (Å²) in [4.78, 5) is 26.4. The Labute approximate surface area is 148 Å². The number of carbonyl (C=O) groups excluding carboxylic acids is 2. The van der Waals surface area contributed by atoms with E-state index in [2.05, 4.69) is 0 Å². The van der Waals surface area contributed by atoms with Gasteiger partial charge in [0.05, 0.1) is 16.7 Å². The van der Waals surface area contributed by atoms with Gasteiger partial charge in [0.2, 0.25) is 0 Å². The van der Waals surface area contributed by atoms with Crippen LogP contribution < -0.4 is 0 Å². The van der Waals surface area contributed by atoms with Crippen LogP contribution in [0.5, 0.6) is 0 Å². The molecule has 4 nitrogen and oxygen atoms in total. The van der Waals surface area contributed by atoms with E-state index in [1.54, 1.807) is 30.3 Å². The third kappa shape index (κ3) is 2.39. The van der Waals surface area contributed by atoms with E-state index in [9.17, 15) is 18.4 Å². The second-order valence-corrected chi connectivity index (χ2v) is 6.66. The normalized spacial score (nSPS) is 21.8. The summed E-state index contributed by atoms with van der Waals surface area (Å²) in [6.07, 6.45) is 1.46. The van der Waals surface area contributed by atoms with Gasteiger partial charge in [0.25, 0.3) is 11.8 Å². The Kier molecular flexibility index (Phi) is 3.80. The summed E-state index contributed by atoms with van der Waals surface area (Å²) >= 11 is 0. The zero-order valence-corrected chi connectivity index (χ0v) is 13.7. The van der Waals surface area contributed by atoms with Crippen molar-refractivity contribution >= 4 is 11.8 Å². The maximum atomic E-state index is 14.3. The minimum Gasteiger partial charge on any atom is -0.271 e. The van der Waals surface area contributed by atoms with Gasteiger partial charge < -0.3 is 0 Å². The molecule has 0 N–H and O–H groups in total. The SMILES string of the molecule is N#Cc1cc(F)c(C2CCC(N3C(=O)c4ccccc4C3=O)C2)cc1F. The van der Waals surface area contributed by atoms with E-state index in [1.165, 1.54) is 4.90 Å². The van der Waals surface area contributed by atoms with Gasteiger partial charge in [0.1, 0.15) is 17.7 Å². The van der Waals surface area contributed by atoms with Crippen molar-refractivity contribution < 1.29 is 18.4 Å². The highest BCUT2D eigenvalue weighted by Gasteiger charge is 2.43. The molecular formula is C20H14F2N2O2. The molecule has 2 atom stereocenters. The molecule has 26 heavy (non-hydrogen) atoms. The average molecular weight is 352 g/mol. The zero-order chi connectivity index (χ0) is 18.4. The summed E-state index contributed by atoms with van der Waals surface area (Å²) in [6.45, 7) is 0. The van der Waals surface area contributed by atoms with Crippen molar-refractivity contribution in [2.45, 2.75) is 31.2 Å². The maximum Gasteiger partial charge on any atom is 0.261 e. The number of amides is 2. The Hall–Kier alpha value is -3.07. The van der Waals surface area contributed by atoms with Crippen molar-refractivity contribution in [2.24, 2.45) is 0 Å². The van der Waals surface area contributed by atoms with Crippen LogP contribution in [0.4, 0.5) is 8.78 Å². The fraction of sp³-hybridized carbons (Fsp3) is 0.250. The van der Waals surface area contributed by atoms with Crippen molar-refractivity contribution in [3.05, 3.63) is 70.3 Å². The van der Waals surface area contributed by atoms with E-state index >= 15 is 0 Å². The first-order chi connectivity index (χ1) is 12.5.